The molecule has 3 nitrogen and oxygen atoms in total. The molecule has 0 atom stereocenters. The van der Waals surface area contributed by atoms with E-state index in [1.54, 1.807) is 19.1 Å². The fourth-order valence-corrected chi connectivity index (χ4v) is 1.66. The first-order valence-corrected chi connectivity index (χ1v) is 5.47. The zero-order chi connectivity index (χ0) is 11.7. The molecular formula is C12H9BrO3. The largest absolute Gasteiger partial charge is 0.502 e. The topological polar surface area (TPSA) is 50.4 Å². The lowest BCUT2D eigenvalue weighted by Crippen LogP contribution is -2.00. The summed E-state index contributed by atoms with van der Waals surface area (Å²) in [6.07, 6.45) is 0. The quantitative estimate of drug-likeness (QED) is 0.873. The van der Waals surface area contributed by atoms with Crippen molar-refractivity contribution in [1.82, 2.24) is 0 Å². The van der Waals surface area contributed by atoms with Crippen molar-refractivity contribution in [2.75, 3.05) is 0 Å². The Labute approximate surface area is 100 Å². The van der Waals surface area contributed by atoms with Crippen LogP contribution in [0.2, 0.25) is 0 Å². The average molecular weight is 281 g/mol. The second-order valence-electron chi connectivity index (χ2n) is 3.41. The van der Waals surface area contributed by atoms with E-state index in [0.717, 1.165) is 4.47 Å². The van der Waals surface area contributed by atoms with Gasteiger partial charge in [-0.05, 0) is 31.2 Å². The van der Waals surface area contributed by atoms with Gasteiger partial charge in [0.1, 0.15) is 5.76 Å². The van der Waals surface area contributed by atoms with Crippen molar-refractivity contribution < 1.29 is 9.52 Å². The van der Waals surface area contributed by atoms with Gasteiger partial charge in [0, 0.05) is 16.1 Å². The summed E-state index contributed by atoms with van der Waals surface area (Å²) in [5.41, 5.74) is 0.239. The van der Waals surface area contributed by atoms with Gasteiger partial charge >= 0.3 is 0 Å². The van der Waals surface area contributed by atoms with E-state index in [-0.39, 0.29) is 11.5 Å². The van der Waals surface area contributed by atoms with E-state index in [9.17, 15) is 9.90 Å². The summed E-state index contributed by atoms with van der Waals surface area (Å²) < 4.78 is 6.27. The van der Waals surface area contributed by atoms with Crippen molar-refractivity contribution in [2.45, 2.75) is 6.92 Å². The van der Waals surface area contributed by atoms with Gasteiger partial charge < -0.3 is 9.52 Å². The van der Waals surface area contributed by atoms with Crippen LogP contribution in [0.25, 0.3) is 11.3 Å². The second kappa shape index (κ2) is 4.14. The van der Waals surface area contributed by atoms with Crippen LogP contribution in [0.5, 0.6) is 5.75 Å². The predicted octanol–water partition coefficient (Wildman–Crippen LogP) is 3.08. The van der Waals surface area contributed by atoms with Gasteiger partial charge in [0.05, 0.1) is 0 Å². The van der Waals surface area contributed by atoms with Crippen molar-refractivity contribution in [3.63, 3.8) is 0 Å². The maximum absolute atomic E-state index is 11.4. The maximum Gasteiger partial charge on any atom is 0.227 e. The highest BCUT2D eigenvalue weighted by molar-refractivity contribution is 9.10. The Morgan fingerprint density at radius 1 is 1.25 bits per heavy atom. The summed E-state index contributed by atoms with van der Waals surface area (Å²) in [6.45, 7) is 1.67. The fraction of sp³-hybridized carbons (Fsp3) is 0.0833. The van der Waals surface area contributed by atoms with E-state index >= 15 is 0 Å². The number of aryl methyl sites for hydroxylation is 1. The fourth-order valence-electron chi connectivity index (χ4n) is 1.40. The van der Waals surface area contributed by atoms with Crippen LogP contribution < -0.4 is 5.43 Å². The van der Waals surface area contributed by atoms with Gasteiger partial charge in [-0.25, -0.2) is 0 Å². The summed E-state index contributed by atoms with van der Waals surface area (Å²) in [7, 11) is 0. The number of hydrogen-bond acceptors (Lipinski definition) is 3. The lowest BCUT2D eigenvalue weighted by molar-refractivity contribution is 0.430. The van der Waals surface area contributed by atoms with Crippen molar-refractivity contribution in [3.8, 4) is 17.1 Å². The highest BCUT2D eigenvalue weighted by Crippen LogP contribution is 2.27. The first-order valence-electron chi connectivity index (χ1n) is 4.67. The third-order valence-electron chi connectivity index (χ3n) is 2.15. The summed E-state index contributed by atoms with van der Waals surface area (Å²) in [6, 6.07) is 8.43. The van der Waals surface area contributed by atoms with Crippen molar-refractivity contribution in [2.24, 2.45) is 0 Å². The van der Waals surface area contributed by atoms with E-state index in [1.807, 2.05) is 12.1 Å². The minimum atomic E-state index is -0.429. The van der Waals surface area contributed by atoms with Crippen molar-refractivity contribution >= 4 is 15.9 Å². The molecular weight excluding hydrogens is 272 g/mol. The minimum absolute atomic E-state index is 0.206. The normalized spacial score (nSPS) is 10.4. The standard InChI is InChI=1S/C12H9BrO3/c1-7-6-10(14)11(15)12(16-7)8-2-4-9(13)5-3-8/h2-6,15H,1H3. The van der Waals surface area contributed by atoms with Crippen LogP contribution in [0.3, 0.4) is 0 Å². The number of aromatic hydroxyl groups is 1. The van der Waals surface area contributed by atoms with Gasteiger partial charge in [0.2, 0.25) is 11.2 Å². The number of rotatable bonds is 1. The van der Waals surface area contributed by atoms with Crippen LogP contribution in [0, 0.1) is 6.92 Å². The molecule has 0 radical (unpaired) electrons. The third kappa shape index (κ3) is 2.02. The Balaban J connectivity index is 2.64. The first-order chi connectivity index (χ1) is 7.58. The SMILES string of the molecule is Cc1cc(=O)c(O)c(-c2ccc(Br)cc2)o1. The van der Waals surface area contributed by atoms with Crippen LogP contribution in [-0.4, -0.2) is 5.11 Å². The highest BCUT2D eigenvalue weighted by Gasteiger charge is 2.11. The molecule has 0 saturated heterocycles. The lowest BCUT2D eigenvalue weighted by Gasteiger charge is -2.04. The number of halogens is 1. The Hall–Kier alpha value is -1.55. The first kappa shape index (κ1) is 11.0. The van der Waals surface area contributed by atoms with E-state index in [0.29, 0.717) is 11.3 Å². The zero-order valence-corrected chi connectivity index (χ0v) is 10.1. The predicted molar refractivity (Wildman–Crippen MR) is 64.5 cm³/mol. The Morgan fingerprint density at radius 2 is 1.88 bits per heavy atom. The summed E-state index contributed by atoms with van der Waals surface area (Å²) in [5, 5.41) is 9.63. The van der Waals surface area contributed by atoms with Crippen LogP contribution in [0.15, 0.2) is 44.0 Å². The monoisotopic (exact) mass is 280 g/mol. The highest BCUT2D eigenvalue weighted by atomic mass is 79.9. The molecule has 16 heavy (non-hydrogen) atoms. The molecule has 1 N–H and O–H groups in total. The van der Waals surface area contributed by atoms with Gasteiger partial charge in [-0.1, -0.05) is 15.9 Å². The van der Waals surface area contributed by atoms with Gasteiger partial charge in [0.15, 0.2) is 5.76 Å². The van der Waals surface area contributed by atoms with Crippen LogP contribution >= 0.6 is 15.9 Å². The Kier molecular flexibility index (Phi) is 2.83. The van der Waals surface area contributed by atoms with Crippen LogP contribution in [0.1, 0.15) is 5.76 Å². The number of hydrogen-bond donors (Lipinski definition) is 1. The smallest absolute Gasteiger partial charge is 0.227 e. The van der Waals surface area contributed by atoms with Gasteiger partial charge in [-0.2, -0.15) is 0 Å². The second-order valence-corrected chi connectivity index (χ2v) is 4.32. The molecule has 1 aromatic carbocycles. The Bertz CT molecular complexity index is 570. The average Bonchev–Trinajstić information content (AvgIpc) is 2.25. The summed E-state index contributed by atoms with van der Waals surface area (Å²) >= 11 is 3.31. The van der Waals surface area contributed by atoms with E-state index in [4.69, 9.17) is 4.42 Å². The molecule has 82 valence electrons. The molecule has 1 aromatic heterocycles. The zero-order valence-electron chi connectivity index (χ0n) is 8.53. The van der Waals surface area contributed by atoms with Crippen molar-refractivity contribution in [1.29, 1.82) is 0 Å². The molecule has 0 spiro atoms. The molecule has 0 aliphatic heterocycles. The summed E-state index contributed by atoms with van der Waals surface area (Å²) in [5.74, 6) is 0.325. The number of benzene rings is 1. The third-order valence-corrected chi connectivity index (χ3v) is 2.68. The Morgan fingerprint density at radius 3 is 2.50 bits per heavy atom. The molecule has 0 bridgehead atoms. The molecule has 0 saturated carbocycles. The van der Waals surface area contributed by atoms with E-state index < -0.39 is 5.43 Å². The molecule has 2 aromatic rings. The molecule has 4 heteroatoms. The minimum Gasteiger partial charge on any atom is -0.502 e. The summed E-state index contributed by atoms with van der Waals surface area (Å²) in [4.78, 5) is 11.4. The molecule has 2 rings (SSSR count). The van der Waals surface area contributed by atoms with Gasteiger partial charge in [-0.15, -0.1) is 0 Å². The molecule has 1 heterocycles. The molecule has 0 unspecified atom stereocenters. The lowest BCUT2D eigenvalue weighted by atomic mass is 10.1. The van der Waals surface area contributed by atoms with E-state index in [1.165, 1.54) is 6.07 Å². The van der Waals surface area contributed by atoms with Crippen LogP contribution in [0.4, 0.5) is 0 Å². The molecule has 0 aliphatic rings. The molecule has 0 amide bonds. The molecule has 0 fully saturated rings. The van der Waals surface area contributed by atoms with Crippen LogP contribution in [-0.2, 0) is 0 Å². The molecule has 0 aliphatic carbocycles. The maximum atomic E-state index is 11.4. The van der Waals surface area contributed by atoms with E-state index in [2.05, 4.69) is 15.9 Å². The van der Waals surface area contributed by atoms with Gasteiger partial charge in [-0.3, -0.25) is 4.79 Å². The van der Waals surface area contributed by atoms with Gasteiger partial charge in [0.25, 0.3) is 0 Å². The van der Waals surface area contributed by atoms with Crippen molar-refractivity contribution in [3.05, 3.63) is 50.8 Å².